The van der Waals surface area contributed by atoms with Crippen molar-refractivity contribution in [3.8, 4) is 0 Å². The number of aromatic nitrogens is 1. The fourth-order valence-corrected chi connectivity index (χ4v) is 1.47. The van der Waals surface area contributed by atoms with Crippen molar-refractivity contribution in [2.45, 2.75) is 26.4 Å². The van der Waals surface area contributed by atoms with Gasteiger partial charge in [0.15, 0.2) is 0 Å². The zero-order chi connectivity index (χ0) is 11.2. The molecule has 0 atom stereocenters. The number of primary amides is 1. The standard InChI is InChI=1S/C5H11NO2.C3H2BrNS/c1-5(2,3)8-4(6)7;4-3-1-6-2-5-3/h1-3H3,(H2,6,7);1-2H. The molecule has 2 N–H and O–H groups in total. The molecule has 1 rings (SSSR count). The summed E-state index contributed by atoms with van der Waals surface area (Å²) in [5, 5.41) is 1.93. The van der Waals surface area contributed by atoms with E-state index >= 15 is 0 Å². The Hall–Kier alpha value is -0.620. The third-order valence-corrected chi connectivity index (χ3v) is 2.13. The van der Waals surface area contributed by atoms with Crippen molar-refractivity contribution in [1.29, 1.82) is 0 Å². The molecular weight excluding hydrogens is 268 g/mol. The maximum atomic E-state index is 10.0. The van der Waals surface area contributed by atoms with Crippen LogP contribution >= 0.6 is 27.3 Å². The molecule has 0 saturated carbocycles. The van der Waals surface area contributed by atoms with Crippen LogP contribution in [0, 0.1) is 0 Å². The molecule has 80 valence electrons. The van der Waals surface area contributed by atoms with Crippen LogP contribution in [0.4, 0.5) is 4.79 Å². The summed E-state index contributed by atoms with van der Waals surface area (Å²) in [7, 11) is 0. The number of nitrogens with two attached hydrogens (primary N) is 1. The molecular formula is C8H13BrN2O2S. The van der Waals surface area contributed by atoms with Gasteiger partial charge in [-0.25, -0.2) is 9.78 Å². The number of ether oxygens (including phenoxy) is 1. The number of hydrogen-bond donors (Lipinski definition) is 1. The maximum Gasteiger partial charge on any atom is 0.405 e. The predicted octanol–water partition coefficient (Wildman–Crippen LogP) is 2.79. The molecule has 0 aliphatic heterocycles. The molecule has 1 heterocycles. The van der Waals surface area contributed by atoms with E-state index in [4.69, 9.17) is 5.73 Å². The SMILES string of the molecule is Brc1cscn1.CC(C)(C)OC(N)=O. The molecule has 0 aliphatic carbocycles. The highest BCUT2D eigenvalue weighted by atomic mass is 79.9. The van der Waals surface area contributed by atoms with Crippen molar-refractivity contribution < 1.29 is 9.53 Å². The van der Waals surface area contributed by atoms with E-state index in [2.05, 4.69) is 25.7 Å². The van der Waals surface area contributed by atoms with Crippen LogP contribution in [0.25, 0.3) is 0 Å². The lowest BCUT2D eigenvalue weighted by Gasteiger charge is -2.16. The lowest BCUT2D eigenvalue weighted by molar-refractivity contribution is 0.0600. The van der Waals surface area contributed by atoms with E-state index in [0.29, 0.717) is 0 Å². The van der Waals surface area contributed by atoms with Crippen LogP contribution in [0.5, 0.6) is 0 Å². The second-order valence-electron chi connectivity index (χ2n) is 3.34. The smallest absolute Gasteiger partial charge is 0.405 e. The Morgan fingerprint density at radius 3 is 2.29 bits per heavy atom. The van der Waals surface area contributed by atoms with Crippen molar-refractivity contribution in [2.75, 3.05) is 0 Å². The normalized spacial score (nSPS) is 10.0. The summed E-state index contributed by atoms with van der Waals surface area (Å²) in [6, 6.07) is 0. The lowest BCUT2D eigenvalue weighted by Crippen LogP contribution is -2.27. The Kier molecular flexibility index (Phi) is 5.71. The van der Waals surface area contributed by atoms with Crippen molar-refractivity contribution >= 4 is 33.4 Å². The van der Waals surface area contributed by atoms with Gasteiger partial charge in [-0.1, -0.05) is 0 Å². The summed E-state index contributed by atoms with van der Waals surface area (Å²) in [5.41, 5.74) is 6.05. The largest absolute Gasteiger partial charge is 0.444 e. The highest BCUT2D eigenvalue weighted by molar-refractivity contribution is 9.10. The number of carbonyl (C=O) groups excluding carboxylic acids is 1. The average molecular weight is 281 g/mol. The van der Waals surface area contributed by atoms with Crippen LogP contribution in [0.3, 0.4) is 0 Å². The maximum absolute atomic E-state index is 10.0. The second kappa shape index (κ2) is 5.98. The molecule has 1 amide bonds. The van der Waals surface area contributed by atoms with Crippen LogP contribution in [0.2, 0.25) is 0 Å². The Balaban J connectivity index is 0.000000249. The zero-order valence-corrected chi connectivity index (χ0v) is 10.7. The molecule has 0 spiro atoms. The molecule has 0 saturated heterocycles. The van der Waals surface area contributed by atoms with Gasteiger partial charge in [-0.2, -0.15) is 0 Å². The van der Waals surface area contributed by atoms with Gasteiger partial charge >= 0.3 is 6.09 Å². The topological polar surface area (TPSA) is 65.2 Å². The number of carbonyl (C=O) groups is 1. The number of nitrogens with zero attached hydrogens (tertiary/aromatic N) is 1. The molecule has 1 aromatic rings. The molecule has 0 radical (unpaired) electrons. The van der Waals surface area contributed by atoms with Crippen LogP contribution < -0.4 is 5.73 Å². The Morgan fingerprint density at radius 1 is 1.64 bits per heavy atom. The summed E-state index contributed by atoms with van der Waals surface area (Å²) in [6.45, 7) is 5.28. The van der Waals surface area contributed by atoms with Crippen molar-refractivity contribution in [2.24, 2.45) is 5.73 Å². The second-order valence-corrected chi connectivity index (χ2v) is 4.88. The third-order valence-electron chi connectivity index (χ3n) is 0.809. The van der Waals surface area contributed by atoms with Crippen molar-refractivity contribution in [1.82, 2.24) is 4.98 Å². The van der Waals surface area contributed by atoms with E-state index < -0.39 is 11.7 Å². The number of rotatable bonds is 0. The fraction of sp³-hybridized carbons (Fsp3) is 0.500. The van der Waals surface area contributed by atoms with Crippen LogP contribution in [-0.4, -0.2) is 16.7 Å². The Labute approximate surface area is 95.6 Å². The van der Waals surface area contributed by atoms with E-state index in [9.17, 15) is 4.79 Å². The minimum Gasteiger partial charge on any atom is -0.444 e. The monoisotopic (exact) mass is 280 g/mol. The summed E-state index contributed by atoms with van der Waals surface area (Å²) < 4.78 is 5.50. The van der Waals surface area contributed by atoms with Crippen LogP contribution in [-0.2, 0) is 4.74 Å². The summed E-state index contributed by atoms with van der Waals surface area (Å²) in [6.07, 6.45) is -0.725. The lowest BCUT2D eigenvalue weighted by atomic mass is 10.2. The van der Waals surface area contributed by atoms with Crippen molar-refractivity contribution in [3.63, 3.8) is 0 Å². The van der Waals surface area contributed by atoms with E-state index in [1.165, 1.54) is 0 Å². The molecule has 0 aliphatic rings. The van der Waals surface area contributed by atoms with E-state index in [1.54, 1.807) is 37.6 Å². The summed E-state index contributed by atoms with van der Waals surface area (Å²) in [5.74, 6) is 0. The van der Waals surface area contributed by atoms with Crippen LogP contribution in [0.15, 0.2) is 15.5 Å². The van der Waals surface area contributed by atoms with E-state index in [0.717, 1.165) is 4.60 Å². The molecule has 14 heavy (non-hydrogen) atoms. The molecule has 6 heteroatoms. The number of hydrogen-bond acceptors (Lipinski definition) is 4. The zero-order valence-electron chi connectivity index (χ0n) is 8.28. The van der Waals surface area contributed by atoms with Gasteiger partial charge in [-0.3, -0.25) is 0 Å². The number of amides is 1. The Bertz CT molecular complexity index is 269. The van der Waals surface area contributed by atoms with Gasteiger partial charge in [0.25, 0.3) is 0 Å². The quantitative estimate of drug-likeness (QED) is 0.795. The molecule has 0 fully saturated rings. The minimum absolute atomic E-state index is 0.453. The van der Waals surface area contributed by atoms with Gasteiger partial charge in [0.1, 0.15) is 10.2 Å². The Morgan fingerprint density at radius 2 is 2.21 bits per heavy atom. The molecule has 0 bridgehead atoms. The summed E-state index contributed by atoms with van der Waals surface area (Å²) in [4.78, 5) is 13.9. The first kappa shape index (κ1) is 13.4. The molecule has 1 aromatic heterocycles. The van der Waals surface area contributed by atoms with Crippen LogP contribution in [0.1, 0.15) is 20.8 Å². The van der Waals surface area contributed by atoms with Gasteiger partial charge in [-0.05, 0) is 36.7 Å². The van der Waals surface area contributed by atoms with Crippen molar-refractivity contribution in [3.05, 3.63) is 15.5 Å². The minimum atomic E-state index is -0.725. The highest BCUT2D eigenvalue weighted by Gasteiger charge is 2.12. The number of halogens is 1. The van der Waals surface area contributed by atoms with Gasteiger partial charge in [0, 0.05) is 5.38 Å². The third kappa shape index (κ3) is 9.47. The average Bonchev–Trinajstić information content (AvgIpc) is 2.34. The molecule has 4 nitrogen and oxygen atoms in total. The predicted molar refractivity (Wildman–Crippen MR) is 60.2 cm³/mol. The van der Waals surface area contributed by atoms with Gasteiger partial charge in [0.05, 0.1) is 5.51 Å². The fourth-order valence-electron chi connectivity index (χ4n) is 0.500. The van der Waals surface area contributed by atoms with Gasteiger partial charge in [0.2, 0.25) is 0 Å². The molecule has 0 aromatic carbocycles. The first-order valence-electron chi connectivity index (χ1n) is 3.83. The number of thiazole rings is 1. The first-order valence-corrected chi connectivity index (χ1v) is 5.57. The van der Waals surface area contributed by atoms with E-state index in [-0.39, 0.29) is 0 Å². The van der Waals surface area contributed by atoms with Gasteiger partial charge in [-0.15, -0.1) is 11.3 Å². The van der Waals surface area contributed by atoms with E-state index in [1.807, 2.05) is 5.38 Å². The molecule has 0 unspecified atom stereocenters. The first-order chi connectivity index (χ1) is 6.31. The summed E-state index contributed by atoms with van der Waals surface area (Å²) >= 11 is 4.76. The highest BCUT2D eigenvalue weighted by Crippen LogP contribution is 2.06. The van der Waals surface area contributed by atoms with Gasteiger partial charge < -0.3 is 10.5 Å².